The largest absolute Gasteiger partial charge is 0.459 e. The second-order valence-electron chi connectivity index (χ2n) is 6.52. The summed E-state index contributed by atoms with van der Waals surface area (Å²) in [6, 6.07) is 17.3. The number of rotatable bonds is 8. The third-order valence-electron chi connectivity index (χ3n) is 4.05. The molecule has 0 saturated heterocycles. The molecular weight excluding hydrogens is 486 g/mol. The minimum absolute atomic E-state index is 0.327. The van der Waals surface area contributed by atoms with E-state index in [1.54, 1.807) is 37.3 Å². The van der Waals surface area contributed by atoms with Crippen LogP contribution < -0.4 is 14.5 Å². The summed E-state index contributed by atoms with van der Waals surface area (Å²) in [6.45, 7) is 1.34. The third kappa shape index (κ3) is 6.43. The molecule has 3 aromatic rings. The average Bonchev–Trinajstić information content (AvgIpc) is 3.04. The third-order valence-corrected chi connectivity index (χ3v) is 5.98. The number of carbonyl (C=O) groups excluding carboxylic acids is 1. The Morgan fingerprint density at radius 1 is 1.16 bits per heavy atom. The first-order chi connectivity index (χ1) is 14.7. The number of halogens is 1. The van der Waals surface area contributed by atoms with Crippen molar-refractivity contribution in [3.05, 3.63) is 76.7 Å². The van der Waals surface area contributed by atoms with Gasteiger partial charge in [-0.05, 0) is 59.3 Å². The number of hydrogen-bond acceptors (Lipinski definition) is 6. The summed E-state index contributed by atoms with van der Waals surface area (Å²) < 4.78 is 37.3. The molecule has 10 heteroatoms. The van der Waals surface area contributed by atoms with Gasteiger partial charge in [-0.15, -0.1) is 0 Å². The van der Waals surface area contributed by atoms with Crippen LogP contribution in [0.2, 0.25) is 0 Å². The number of furan rings is 1. The maximum atomic E-state index is 12.2. The molecule has 1 aromatic heterocycles. The molecule has 0 saturated carbocycles. The summed E-state index contributed by atoms with van der Waals surface area (Å²) in [4.78, 5) is 12.2. The number of nitrogens with one attached hydrogen (secondary N) is 1. The van der Waals surface area contributed by atoms with Crippen LogP contribution in [0.25, 0.3) is 0 Å². The number of sulfonamides is 1. The van der Waals surface area contributed by atoms with Gasteiger partial charge < -0.3 is 9.15 Å². The van der Waals surface area contributed by atoms with Crippen LogP contribution in [0.1, 0.15) is 11.5 Å². The number of hydrogen-bond donors (Lipinski definition) is 1. The fraction of sp³-hybridized carbons (Fsp3) is 0.143. The first kappa shape index (κ1) is 22.6. The van der Waals surface area contributed by atoms with E-state index in [9.17, 15) is 13.2 Å². The summed E-state index contributed by atoms with van der Waals surface area (Å²) >= 11 is 3.32. The zero-order chi connectivity index (χ0) is 22.4. The van der Waals surface area contributed by atoms with Gasteiger partial charge >= 0.3 is 0 Å². The second kappa shape index (κ2) is 9.80. The van der Waals surface area contributed by atoms with Crippen LogP contribution in [0, 0.1) is 6.92 Å². The van der Waals surface area contributed by atoms with Gasteiger partial charge in [-0.3, -0.25) is 9.10 Å². The summed E-state index contributed by atoms with van der Waals surface area (Å²) in [6.07, 6.45) is 2.36. The van der Waals surface area contributed by atoms with E-state index in [0.717, 1.165) is 15.0 Å². The molecule has 0 aliphatic heterocycles. The van der Waals surface area contributed by atoms with Crippen LogP contribution in [-0.4, -0.2) is 33.3 Å². The fourth-order valence-electron chi connectivity index (χ4n) is 2.58. The summed E-state index contributed by atoms with van der Waals surface area (Å²) in [5, 5.41) is 3.81. The van der Waals surface area contributed by atoms with Crippen molar-refractivity contribution in [2.75, 3.05) is 17.1 Å². The standard InChI is InChI=1S/C21H20BrN3O5S/c1-15-20(22)12-19(29-15)13-23-24-21(26)14-25(31(2,27)28)16-8-10-18(11-9-16)30-17-6-4-3-5-7-17/h3-13H,14H2,1-2H3,(H,24,26)/b23-13-. The van der Waals surface area contributed by atoms with Crippen molar-refractivity contribution in [2.45, 2.75) is 6.92 Å². The molecule has 1 N–H and O–H groups in total. The van der Waals surface area contributed by atoms with Crippen LogP contribution in [0.15, 0.2) is 74.7 Å². The molecule has 0 spiro atoms. The lowest BCUT2D eigenvalue weighted by atomic mass is 10.3. The number of para-hydroxylation sites is 1. The average molecular weight is 506 g/mol. The quantitative estimate of drug-likeness (QED) is 0.367. The molecule has 0 radical (unpaired) electrons. The lowest BCUT2D eigenvalue weighted by molar-refractivity contribution is -0.119. The molecule has 31 heavy (non-hydrogen) atoms. The molecule has 0 bridgehead atoms. The normalized spacial score (nSPS) is 11.5. The highest BCUT2D eigenvalue weighted by Gasteiger charge is 2.21. The Balaban J connectivity index is 1.66. The Kier molecular flexibility index (Phi) is 7.13. The second-order valence-corrected chi connectivity index (χ2v) is 9.29. The van der Waals surface area contributed by atoms with Crippen LogP contribution in [0.5, 0.6) is 11.5 Å². The molecule has 0 atom stereocenters. The van der Waals surface area contributed by atoms with Crippen LogP contribution in [0.3, 0.4) is 0 Å². The molecule has 162 valence electrons. The molecule has 2 aromatic carbocycles. The highest BCUT2D eigenvalue weighted by atomic mass is 79.9. The number of carbonyl (C=O) groups is 1. The lowest BCUT2D eigenvalue weighted by Gasteiger charge is -2.21. The molecule has 3 rings (SSSR count). The van der Waals surface area contributed by atoms with Crippen molar-refractivity contribution in [3.63, 3.8) is 0 Å². The first-order valence-corrected chi connectivity index (χ1v) is 11.7. The van der Waals surface area contributed by atoms with E-state index in [-0.39, 0.29) is 0 Å². The van der Waals surface area contributed by atoms with Gasteiger partial charge in [-0.1, -0.05) is 18.2 Å². The van der Waals surface area contributed by atoms with Gasteiger partial charge in [0.05, 0.1) is 22.6 Å². The maximum absolute atomic E-state index is 12.2. The predicted molar refractivity (Wildman–Crippen MR) is 122 cm³/mol. The number of aryl methyl sites for hydroxylation is 1. The van der Waals surface area contributed by atoms with Gasteiger partial charge in [0.1, 0.15) is 29.6 Å². The first-order valence-electron chi connectivity index (χ1n) is 9.11. The van der Waals surface area contributed by atoms with Crippen LogP contribution in [-0.2, 0) is 14.8 Å². The Bertz CT molecular complexity index is 1160. The predicted octanol–water partition coefficient (Wildman–Crippen LogP) is 4.06. The number of nitrogens with zero attached hydrogens (tertiary/aromatic N) is 2. The van der Waals surface area contributed by atoms with E-state index in [2.05, 4.69) is 26.5 Å². The van der Waals surface area contributed by atoms with Gasteiger partial charge in [0.25, 0.3) is 5.91 Å². The van der Waals surface area contributed by atoms with E-state index in [1.165, 1.54) is 6.21 Å². The monoisotopic (exact) mass is 505 g/mol. The molecular formula is C21H20BrN3O5S. The van der Waals surface area contributed by atoms with E-state index in [1.807, 2.05) is 30.3 Å². The van der Waals surface area contributed by atoms with Gasteiger partial charge in [-0.2, -0.15) is 5.10 Å². The lowest BCUT2D eigenvalue weighted by Crippen LogP contribution is -2.38. The van der Waals surface area contributed by atoms with Crippen molar-refractivity contribution in [2.24, 2.45) is 5.10 Å². The summed E-state index contributed by atoms with van der Waals surface area (Å²) in [5.41, 5.74) is 2.63. The summed E-state index contributed by atoms with van der Waals surface area (Å²) in [7, 11) is -3.71. The molecule has 0 fully saturated rings. The maximum Gasteiger partial charge on any atom is 0.260 e. The minimum Gasteiger partial charge on any atom is -0.459 e. The number of hydrazone groups is 1. The fourth-order valence-corrected chi connectivity index (χ4v) is 3.75. The van der Waals surface area contributed by atoms with Gasteiger partial charge in [0.2, 0.25) is 10.0 Å². The Morgan fingerprint density at radius 3 is 2.39 bits per heavy atom. The van der Waals surface area contributed by atoms with E-state index >= 15 is 0 Å². The Morgan fingerprint density at radius 2 is 1.81 bits per heavy atom. The van der Waals surface area contributed by atoms with Crippen LogP contribution >= 0.6 is 15.9 Å². The van der Waals surface area contributed by atoms with Crippen LogP contribution in [0.4, 0.5) is 5.69 Å². The zero-order valence-electron chi connectivity index (χ0n) is 16.8. The van der Waals surface area contributed by atoms with Gasteiger partial charge in [-0.25, -0.2) is 13.8 Å². The highest BCUT2D eigenvalue weighted by Crippen LogP contribution is 2.25. The molecule has 0 aliphatic carbocycles. The van der Waals surface area contributed by atoms with Gasteiger partial charge in [0, 0.05) is 6.07 Å². The number of benzene rings is 2. The number of anilines is 1. The smallest absolute Gasteiger partial charge is 0.260 e. The number of ether oxygens (including phenoxy) is 1. The topological polar surface area (TPSA) is 101 Å². The van der Waals surface area contributed by atoms with E-state index in [0.29, 0.717) is 28.7 Å². The van der Waals surface area contributed by atoms with Crippen molar-refractivity contribution in [1.82, 2.24) is 5.43 Å². The minimum atomic E-state index is -3.71. The van der Waals surface area contributed by atoms with E-state index < -0.39 is 22.5 Å². The molecule has 0 aliphatic rings. The van der Waals surface area contributed by atoms with Crippen molar-refractivity contribution in [3.8, 4) is 11.5 Å². The molecule has 1 amide bonds. The number of amides is 1. The SMILES string of the molecule is Cc1oc(/C=N\NC(=O)CN(c2ccc(Oc3ccccc3)cc2)S(C)(=O)=O)cc1Br. The van der Waals surface area contributed by atoms with Crippen molar-refractivity contribution in [1.29, 1.82) is 0 Å². The molecule has 0 unspecified atom stereocenters. The van der Waals surface area contributed by atoms with Crippen molar-refractivity contribution < 1.29 is 22.4 Å². The Hall–Kier alpha value is -3.11. The van der Waals surface area contributed by atoms with E-state index in [4.69, 9.17) is 9.15 Å². The molecule has 8 nitrogen and oxygen atoms in total. The molecule has 1 heterocycles. The Labute approximate surface area is 188 Å². The van der Waals surface area contributed by atoms with Gasteiger partial charge in [0.15, 0.2) is 0 Å². The summed E-state index contributed by atoms with van der Waals surface area (Å²) in [5.74, 6) is 1.71. The highest BCUT2D eigenvalue weighted by molar-refractivity contribution is 9.10. The zero-order valence-corrected chi connectivity index (χ0v) is 19.2. The van der Waals surface area contributed by atoms with Crippen molar-refractivity contribution >= 4 is 43.8 Å².